The summed E-state index contributed by atoms with van der Waals surface area (Å²) in [6.07, 6.45) is 0. The third kappa shape index (κ3) is 4.10. The monoisotopic (exact) mass is 256 g/mol. The summed E-state index contributed by atoms with van der Waals surface area (Å²) in [4.78, 5) is 15.9. The fourth-order valence-corrected chi connectivity index (χ4v) is 1.61. The number of carbonyl (C=O) groups is 1. The van der Waals surface area contributed by atoms with E-state index >= 15 is 0 Å². The van der Waals surface area contributed by atoms with E-state index in [0.29, 0.717) is 18.8 Å². The molecule has 4 nitrogen and oxygen atoms in total. The summed E-state index contributed by atoms with van der Waals surface area (Å²) in [6.45, 7) is 2.74. The number of nitrogens with one attached hydrogen (secondary N) is 1. The maximum absolute atomic E-state index is 11.8. The van der Waals surface area contributed by atoms with Crippen LogP contribution in [-0.4, -0.2) is 24.0 Å². The highest BCUT2D eigenvalue weighted by Gasteiger charge is 2.05. The molecule has 0 aliphatic rings. The van der Waals surface area contributed by atoms with Crippen molar-refractivity contribution in [1.29, 1.82) is 0 Å². The van der Waals surface area contributed by atoms with Crippen LogP contribution >= 0.6 is 0 Å². The molecule has 0 saturated heterocycles. The molecular weight excluding hydrogens is 240 g/mol. The van der Waals surface area contributed by atoms with Crippen LogP contribution in [0.5, 0.6) is 5.75 Å². The molecule has 1 aromatic carbocycles. The van der Waals surface area contributed by atoms with E-state index in [4.69, 9.17) is 4.74 Å². The summed E-state index contributed by atoms with van der Waals surface area (Å²) < 4.78 is 5.48. The third-order valence-electron chi connectivity index (χ3n) is 2.52. The molecule has 19 heavy (non-hydrogen) atoms. The lowest BCUT2D eigenvalue weighted by Crippen LogP contribution is -2.28. The van der Waals surface area contributed by atoms with Gasteiger partial charge in [-0.3, -0.25) is 4.79 Å². The van der Waals surface area contributed by atoms with Crippen molar-refractivity contribution in [3.05, 3.63) is 59.9 Å². The number of pyridine rings is 1. The molecule has 2 rings (SSSR count). The number of hydrogen-bond donors (Lipinski definition) is 1. The lowest BCUT2D eigenvalue weighted by molar-refractivity contribution is 0.0942. The summed E-state index contributed by atoms with van der Waals surface area (Å²) in [6, 6.07) is 14.9. The van der Waals surface area contributed by atoms with Gasteiger partial charge < -0.3 is 10.1 Å². The molecule has 0 unspecified atom stereocenters. The number of aryl methyl sites for hydroxylation is 1. The van der Waals surface area contributed by atoms with Crippen LogP contribution in [-0.2, 0) is 0 Å². The Bertz CT molecular complexity index is 541. The van der Waals surface area contributed by atoms with E-state index in [1.807, 2.05) is 49.4 Å². The first-order valence-corrected chi connectivity index (χ1v) is 6.15. The van der Waals surface area contributed by atoms with Crippen molar-refractivity contribution < 1.29 is 9.53 Å². The lowest BCUT2D eigenvalue weighted by atomic mass is 10.3. The van der Waals surface area contributed by atoms with Gasteiger partial charge in [-0.25, -0.2) is 4.98 Å². The molecule has 0 aliphatic heterocycles. The molecule has 4 heteroatoms. The average molecular weight is 256 g/mol. The Morgan fingerprint density at radius 2 is 1.95 bits per heavy atom. The van der Waals surface area contributed by atoms with E-state index in [1.165, 1.54) is 0 Å². The zero-order valence-electron chi connectivity index (χ0n) is 10.8. The zero-order valence-corrected chi connectivity index (χ0v) is 10.8. The summed E-state index contributed by atoms with van der Waals surface area (Å²) in [5.74, 6) is 0.616. The second-order valence-electron chi connectivity index (χ2n) is 4.08. The molecule has 0 radical (unpaired) electrons. The first-order valence-electron chi connectivity index (χ1n) is 6.15. The highest BCUT2D eigenvalue weighted by atomic mass is 16.5. The molecule has 0 spiro atoms. The first-order chi connectivity index (χ1) is 9.25. The largest absolute Gasteiger partial charge is 0.492 e. The molecule has 0 fully saturated rings. The second-order valence-corrected chi connectivity index (χ2v) is 4.08. The molecule has 2 aromatic rings. The molecule has 98 valence electrons. The van der Waals surface area contributed by atoms with Crippen LogP contribution in [0.1, 0.15) is 16.2 Å². The maximum atomic E-state index is 11.8. The summed E-state index contributed by atoms with van der Waals surface area (Å²) in [5.41, 5.74) is 1.26. The van der Waals surface area contributed by atoms with Gasteiger partial charge in [0.15, 0.2) is 0 Å². The molecule has 1 amide bonds. The van der Waals surface area contributed by atoms with Crippen molar-refractivity contribution in [3.8, 4) is 5.75 Å². The fourth-order valence-electron chi connectivity index (χ4n) is 1.61. The van der Waals surface area contributed by atoms with Crippen molar-refractivity contribution in [2.45, 2.75) is 6.92 Å². The van der Waals surface area contributed by atoms with Crippen LogP contribution in [0.4, 0.5) is 0 Å². The Kier molecular flexibility index (Phi) is 4.50. The molecule has 0 atom stereocenters. The van der Waals surface area contributed by atoms with Gasteiger partial charge in [0.1, 0.15) is 18.1 Å². The smallest absolute Gasteiger partial charge is 0.270 e. The number of hydrogen-bond acceptors (Lipinski definition) is 3. The number of ether oxygens (including phenoxy) is 1. The molecule has 1 aromatic heterocycles. The summed E-state index contributed by atoms with van der Waals surface area (Å²) >= 11 is 0. The Labute approximate surface area is 112 Å². The van der Waals surface area contributed by atoms with Crippen LogP contribution in [0.15, 0.2) is 48.5 Å². The van der Waals surface area contributed by atoms with Crippen molar-refractivity contribution >= 4 is 5.91 Å². The number of para-hydroxylation sites is 1. The molecule has 0 saturated carbocycles. The van der Waals surface area contributed by atoms with E-state index in [0.717, 1.165) is 11.4 Å². The van der Waals surface area contributed by atoms with Gasteiger partial charge in [0.05, 0.1) is 6.54 Å². The molecule has 1 N–H and O–H groups in total. The van der Waals surface area contributed by atoms with E-state index in [1.54, 1.807) is 6.07 Å². The molecule has 0 aliphatic carbocycles. The lowest BCUT2D eigenvalue weighted by Gasteiger charge is -2.07. The standard InChI is InChI=1S/C15H16N2O2/c1-12-6-5-9-14(17-12)15(18)16-10-11-19-13-7-3-2-4-8-13/h2-9H,10-11H2,1H3,(H,16,18). The predicted molar refractivity (Wildman–Crippen MR) is 73.2 cm³/mol. The van der Waals surface area contributed by atoms with Gasteiger partial charge in [-0.1, -0.05) is 24.3 Å². The minimum absolute atomic E-state index is 0.180. The Morgan fingerprint density at radius 3 is 2.68 bits per heavy atom. The van der Waals surface area contributed by atoms with Gasteiger partial charge in [0.2, 0.25) is 0 Å². The van der Waals surface area contributed by atoms with Crippen LogP contribution in [0, 0.1) is 6.92 Å². The van der Waals surface area contributed by atoms with E-state index in [-0.39, 0.29) is 5.91 Å². The number of nitrogens with zero attached hydrogens (tertiary/aromatic N) is 1. The van der Waals surface area contributed by atoms with Gasteiger partial charge in [-0.2, -0.15) is 0 Å². The number of carbonyl (C=O) groups excluding carboxylic acids is 1. The first kappa shape index (κ1) is 13.1. The van der Waals surface area contributed by atoms with Crippen molar-refractivity contribution in [3.63, 3.8) is 0 Å². The van der Waals surface area contributed by atoms with Crippen LogP contribution in [0.25, 0.3) is 0 Å². The van der Waals surface area contributed by atoms with Crippen LogP contribution in [0.2, 0.25) is 0 Å². The highest BCUT2D eigenvalue weighted by molar-refractivity contribution is 5.92. The maximum Gasteiger partial charge on any atom is 0.270 e. The second kappa shape index (κ2) is 6.54. The van der Waals surface area contributed by atoms with Crippen molar-refractivity contribution in [2.75, 3.05) is 13.2 Å². The molecular formula is C15H16N2O2. The van der Waals surface area contributed by atoms with Crippen LogP contribution < -0.4 is 10.1 Å². The molecule has 1 heterocycles. The number of benzene rings is 1. The van der Waals surface area contributed by atoms with Gasteiger partial charge in [0.25, 0.3) is 5.91 Å². The van der Waals surface area contributed by atoms with Gasteiger partial charge in [0, 0.05) is 5.69 Å². The number of rotatable bonds is 5. The third-order valence-corrected chi connectivity index (χ3v) is 2.52. The number of amides is 1. The normalized spacial score (nSPS) is 9.95. The van der Waals surface area contributed by atoms with Crippen molar-refractivity contribution in [2.24, 2.45) is 0 Å². The van der Waals surface area contributed by atoms with E-state index in [2.05, 4.69) is 10.3 Å². The Balaban J connectivity index is 1.75. The van der Waals surface area contributed by atoms with Gasteiger partial charge in [-0.15, -0.1) is 0 Å². The highest BCUT2D eigenvalue weighted by Crippen LogP contribution is 2.07. The topological polar surface area (TPSA) is 51.2 Å². The SMILES string of the molecule is Cc1cccc(C(=O)NCCOc2ccccc2)n1. The quantitative estimate of drug-likeness (QED) is 0.834. The van der Waals surface area contributed by atoms with Crippen molar-refractivity contribution in [1.82, 2.24) is 10.3 Å². The fraction of sp³-hybridized carbons (Fsp3) is 0.200. The van der Waals surface area contributed by atoms with E-state index < -0.39 is 0 Å². The van der Waals surface area contributed by atoms with E-state index in [9.17, 15) is 4.79 Å². The molecule has 0 bridgehead atoms. The average Bonchev–Trinajstić information content (AvgIpc) is 2.44. The summed E-state index contributed by atoms with van der Waals surface area (Å²) in [5, 5.41) is 2.77. The Morgan fingerprint density at radius 1 is 1.16 bits per heavy atom. The van der Waals surface area contributed by atoms with Gasteiger partial charge in [-0.05, 0) is 31.2 Å². The summed E-state index contributed by atoms with van der Waals surface area (Å²) in [7, 11) is 0. The minimum atomic E-state index is -0.180. The number of aromatic nitrogens is 1. The predicted octanol–water partition coefficient (Wildman–Crippen LogP) is 2.20. The minimum Gasteiger partial charge on any atom is -0.492 e. The zero-order chi connectivity index (χ0) is 13.5. The van der Waals surface area contributed by atoms with Gasteiger partial charge >= 0.3 is 0 Å². The Hall–Kier alpha value is -2.36. The van der Waals surface area contributed by atoms with Crippen LogP contribution in [0.3, 0.4) is 0 Å².